The maximum absolute atomic E-state index is 12.3. The summed E-state index contributed by atoms with van der Waals surface area (Å²) in [7, 11) is 0. The third kappa shape index (κ3) is 4.57. The van der Waals surface area contributed by atoms with E-state index >= 15 is 0 Å². The summed E-state index contributed by atoms with van der Waals surface area (Å²) in [5.41, 5.74) is 0.487. The Balaban J connectivity index is 2.02. The zero-order valence-electron chi connectivity index (χ0n) is 13.4. The quantitative estimate of drug-likeness (QED) is 0.790. The lowest BCUT2D eigenvalue weighted by molar-refractivity contribution is -0.117. The van der Waals surface area contributed by atoms with Gasteiger partial charge in [-0.2, -0.15) is 0 Å². The van der Waals surface area contributed by atoms with Gasteiger partial charge >= 0.3 is 5.97 Å². The van der Waals surface area contributed by atoms with Gasteiger partial charge in [0.25, 0.3) is 0 Å². The number of aryl methyl sites for hydroxylation is 1. The van der Waals surface area contributed by atoms with Crippen LogP contribution in [0.4, 0.5) is 5.00 Å². The number of amides is 1. The van der Waals surface area contributed by atoms with Crippen molar-refractivity contribution in [3.05, 3.63) is 16.5 Å². The molecule has 1 fully saturated rings. The minimum absolute atomic E-state index is 0.0157. The third-order valence-electron chi connectivity index (χ3n) is 4.08. The number of rotatable bonds is 6. The topological polar surface area (TPSA) is 55.4 Å². The molecule has 22 heavy (non-hydrogen) atoms. The van der Waals surface area contributed by atoms with Crippen LogP contribution in [0.3, 0.4) is 0 Å². The molecule has 0 aliphatic heterocycles. The van der Waals surface area contributed by atoms with Crippen molar-refractivity contribution in [2.24, 2.45) is 5.92 Å². The number of nitrogens with one attached hydrogen (secondary N) is 1. The van der Waals surface area contributed by atoms with Gasteiger partial charge in [0.05, 0.1) is 12.2 Å². The molecule has 2 rings (SSSR count). The molecule has 0 atom stereocenters. The lowest BCUT2D eigenvalue weighted by atomic mass is 9.87. The lowest BCUT2D eigenvalue weighted by Crippen LogP contribution is -2.19. The molecule has 1 amide bonds. The van der Waals surface area contributed by atoms with Crippen LogP contribution in [-0.4, -0.2) is 18.5 Å². The first kappa shape index (κ1) is 17.0. The summed E-state index contributed by atoms with van der Waals surface area (Å²) in [6.45, 7) is 4.16. The van der Waals surface area contributed by atoms with E-state index in [-0.39, 0.29) is 11.9 Å². The summed E-state index contributed by atoms with van der Waals surface area (Å²) >= 11 is 1.47. The van der Waals surface area contributed by atoms with Crippen LogP contribution in [-0.2, 0) is 16.0 Å². The van der Waals surface area contributed by atoms with Crippen LogP contribution in [0.1, 0.15) is 67.6 Å². The molecule has 0 saturated heterocycles. The molecule has 0 bridgehead atoms. The van der Waals surface area contributed by atoms with Crippen molar-refractivity contribution in [1.82, 2.24) is 0 Å². The fraction of sp³-hybridized carbons (Fsp3) is 0.647. The third-order valence-corrected chi connectivity index (χ3v) is 5.27. The van der Waals surface area contributed by atoms with Gasteiger partial charge in [-0.1, -0.05) is 26.2 Å². The highest BCUT2D eigenvalue weighted by atomic mass is 32.1. The van der Waals surface area contributed by atoms with Crippen LogP contribution >= 0.6 is 11.3 Å². The van der Waals surface area contributed by atoms with Crippen LogP contribution in [0, 0.1) is 5.92 Å². The van der Waals surface area contributed by atoms with Gasteiger partial charge in [-0.15, -0.1) is 11.3 Å². The summed E-state index contributed by atoms with van der Waals surface area (Å²) in [5, 5.41) is 3.57. The van der Waals surface area contributed by atoms with E-state index in [0.29, 0.717) is 29.5 Å². The summed E-state index contributed by atoms with van der Waals surface area (Å²) in [6, 6.07) is 1.83. The second-order valence-corrected chi connectivity index (χ2v) is 6.92. The van der Waals surface area contributed by atoms with Gasteiger partial charge in [0.15, 0.2) is 0 Å². The van der Waals surface area contributed by atoms with E-state index in [1.54, 1.807) is 6.92 Å². The Hall–Kier alpha value is -1.36. The van der Waals surface area contributed by atoms with Gasteiger partial charge in [-0.3, -0.25) is 4.79 Å². The molecule has 0 aromatic carbocycles. The molecule has 5 heteroatoms. The molecule has 1 aliphatic carbocycles. The molecular formula is C17H25NO3S. The molecule has 1 heterocycles. The number of hydrogen-bond acceptors (Lipinski definition) is 4. The van der Waals surface area contributed by atoms with Crippen molar-refractivity contribution in [3.63, 3.8) is 0 Å². The molecule has 1 aromatic heterocycles. The normalized spacial score (nSPS) is 15.5. The second kappa shape index (κ2) is 8.32. The smallest absolute Gasteiger partial charge is 0.341 e. The van der Waals surface area contributed by atoms with Crippen LogP contribution < -0.4 is 5.32 Å². The van der Waals surface area contributed by atoms with E-state index in [1.807, 2.05) is 13.0 Å². The molecule has 1 N–H and O–H groups in total. The van der Waals surface area contributed by atoms with E-state index in [0.717, 1.165) is 24.1 Å². The van der Waals surface area contributed by atoms with Gasteiger partial charge in [-0.05, 0) is 38.2 Å². The van der Waals surface area contributed by atoms with Crippen molar-refractivity contribution in [3.8, 4) is 0 Å². The molecule has 1 saturated carbocycles. The molecule has 122 valence electrons. The van der Waals surface area contributed by atoms with Gasteiger partial charge in [0, 0.05) is 11.3 Å². The number of carbonyl (C=O) groups excluding carboxylic acids is 2. The number of esters is 1. The minimum atomic E-state index is -0.355. The average molecular weight is 323 g/mol. The van der Waals surface area contributed by atoms with E-state index in [1.165, 1.54) is 30.6 Å². The average Bonchev–Trinajstić information content (AvgIpc) is 2.91. The van der Waals surface area contributed by atoms with E-state index in [4.69, 9.17) is 4.74 Å². The fourth-order valence-corrected chi connectivity index (χ4v) is 3.90. The first-order valence-corrected chi connectivity index (χ1v) is 9.05. The highest BCUT2D eigenvalue weighted by Gasteiger charge is 2.21. The van der Waals surface area contributed by atoms with Crippen molar-refractivity contribution < 1.29 is 14.3 Å². The molecule has 1 aromatic rings. The van der Waals surface area contributed by atoms with E-state index in [2.05, 4.69) is 5.32 Å². The molecule has 0 spiro atoms. The SMILES string of the molecule is CCOC(=O)c1cc(CC)sc1NC(=O)CC1CCCCC1. The summed E-state index contributed by atoms with van der Waals surface area (Å²) in [6.07, 6.45) is 7.43. The van der Waals surface area contributed by atoms with Gasteiger partial charge in [0.1, 0.15) is 5.00 Å². The van der Waals surface area contributed by atoms with Crippen molar-refractivity contribution >= 4 is 28.2 Å². The molecule has 0 radical (unpaired) electrons. The maximum Gasteiger partial charge on any atom is 0.341 e. The largest absolute Gasteiger partial charge is 0.462 e. The Morgan fingerprint density at radius 1 is 1.27 bits per heavy atom. The van der Waals surface area contributed by atoms with Crippen molar-refractivity contribution in [2.75, 3.05) is 11.9 Å². The first-order valence-electron chi connectivity index (χ1n) is 8.23. The van der Waals surface area contributed by atoms with Crippen LogP contribution in [0.5, 0.6) is 0 Å². The van der Waals surface area contributed by atoms with Crippen molar-refractivity contribution in [1.29, 1.82) is 0 Å². The molecule has 1 aliphatic rings. The van der Waals surface area contributed by atoms with Gasteiger partial charge < -0.3 is 10.1 Å². The van der Waals surface area contributed by atoms with Crippen LogP contribution in [0.25, 0.3) is 0 Å². The zero-order valence-corrected chi connectivity index (χ0v) is 14.3. The summed E-state index contributed by atoms with van der Waals surface area (Å²) < 4.78 is 5.07. The zero-order chi connectivity index (χ0) is 15.9. The van der Waals surface area contributed by atoms with Crippen molar-refractivity contribution in [2.45, 2.75) is 58.8 Å². The monoisotopic (exact) mass is 323 g/mol. The number of thiophene rings is 1. The highest BCUT2D eigenvalue weighted by Crippen LogP contribution is 2.31. The summed E-state index contributed by atoms with van der Waals surface area (Å²) in [5.74, 6) is 0.152. The number of carbonyl (C=O) groups is 2. The standard InChI is InChI=1S/C17H25NO3S/c1-3-13-11-14(17(20)21-4-2)16(22-13)18-15(19)10-12-8-6-5-7-9-12/h11-12H,3-10H2,1-2H3,(H,18,19). The van der Waals surface area contributed by atoms with E-state index in [9.17, 15) is 9.59 Å². The highest BCUT2D eigenvalue weighted by molar-refractivity contribution is 7.16. The molecule has 4 nitrogen and oxygen atoms in total. The Bertz CT molecular complexity index is 518. The Labute approximate surface area is 136 Å². The second-order valence-electron chi connectivity index (χ2n) is 5.79. The van der Waals surface area contributed by atoms with E-state index < -0.39 is 0 Å². The number of hydrogen-bond donors (Lipinski definition) is 1. The summed E-state index contributed by atoms with van der Waals surface area (Å²) in [4.78, 5) is 25.3. The fourth-order valence-electron chi connectivity index (χ4n) is 2.90. The van der Waals surface area contributed by atoms with Crippen LogP contribution in [0.15, 0.2) is 6.07 Å². The van der Waals surface area contributed by atoms with Crippen LogP contribution in [0.2, 0.25) is 0 Å². The first-order chi connectivity index (χ1) is 10.6. The Kier molecular flexibility index (Phi) is 6.43. The van der Waals surface area contributed by atoms with Gasteiger partial charge in [-0.25, -0.2) is 4.79 Å². The molecule has 0 unspecified atom stereocenters. The predicted octanol–water partition coefficient (Wildman–Crippen LogP) is 4.40. The molecular weight excluding hydrogens is 298 g/mol. The number of anilines is 1. The lowest BCUT2D eigenvalue weighted by Gasteiger charge is -2.20. The Morgan fingerprint density at radius 2 is 2.00 bits per heavy atom. The maximum atomic E-state index is 12.3. The minimum Gasteiger partial charge on any atom is -0.462 e. The predicted molar refractivity (Wildman–Crippen MR) is 89.5 cm³/mol. The number of ether oxygens (including phenoxy) is 1. The van der Waals surface area contributed by atoms with Gasteiger partial charge in [0.2, 0.25) is 5.91 Å². The Morgan fingerprint density at radius 3 is 2.64 bits per heavy atom.